The molecule has 1 aromatic rings. The van der Waals surface area contributed by atoms with Crippen molar-refractivity contribution in [2.24, 2.45) is 0 Å². The molecule has 1 aromatic carbocycles. The van der Waals surface area contributed by atoms with Gasteiger partial charge in [-0.1, -0.05) is 18.2 Å². The fourth-order valence-corrected chi connectivity index (χ4v) is 2.33. The average molecular weight is 279 g/mol. The van der Waals surface area contributed by atoms with Crippen LogP contribution < -0.4 is 5.32 Å². The molecule has 4 heteroatoms. The molecule has 1 atom stereocenters. The summed E-state index contributed by atoms with van der Waals surface area (Å²) in [5.41, 5.74) is 0.726. The second kappa shape index (κ2) is 6.27. The molecule has 0 heterocycles. The van der Waals surface area contributed by atoms with Crippen LogP contribution in [0.15, 0.2) is 24.3 Å². The Hall–Kier alpha value is -1.55. The van der Waals surface area contributed by atoms with Crippen molar-refractivity contribution in [3.8, 4) is 0 Å². The van der Waals surface area contributed by atoms with Gasteiger partial charge in [0.25, 0.3) is 0 Å². The predicted octanol–water partition coefficient (Wildman–Crippen LogP) is 3.15. The zero-order valence-corrected chi connectivity index (χ0v) is 13.2. The summed E-state index contributed by atoms with van der Waals surface area (Å²) in [5, 5.41) is 3.31. The lowest BCUT2D eigenvalue weighted by atomic mass is 9.87. The van der Waals surface area contributed by atoms with Gasteiger partial charge in [-0.15, -0.1) is 0 Å². The summed E-state index contributed by atoms with van der Waals surface area (Å²) in [7, 11) is 3.05. The Labute approximate surface area is 121 Å². The smallest absolute Gasteiger partial charge is 0.331 e. The van der Waals surface area contributed by atoms with Crippen LogP contribution in [0.2, 0.25) is 0 Å². The number of nitrogens with one attached hydrogen (secondary N) is 1. The summed E-state index contributed by atoms with van der Waals surface area (Å²) in [4.78, 5) is 12.2. The number of para-hydroxylation sites is 1. The first-order chi connectivity index (χ1) is 9.24. The Morgan fingerprint density at radius 3 is 2.30 bits per heavy atom. The largest absolute Gasteiger partial charge is 0.467 e. The van der Waals surface area contributed by atoms with E-state index >= 15 is 0 Å². The lowest BCUT2D eigenvalue weighted by molar-refractivity contribution is -0.148. The zero-order valence-electron chi connectivity index (χ0n) is 13.2. The maximum Gasteiger partial charge on any atom is 0.331 e. The number of ether oxygens (including phenoxy) is 2. The van der Waals surface area contributed by atoms with Gasteiger partial charge in [-0.25, -0.2) is 4.79 Å². The minimum atomic E-state index is -0.847. The quantitative estimate of drug-likeness (QED) is 0.813. The van der Waals surface area contributed by atoms with Crippen LogP contribution in [0, 0.1) is 6.92 Å². The fraction of sp³-hybridized carbons (Fsp3) is 0.562. The van der Waals surface area contributed by atoms with Crippen LogP contribution in [0.3, 0.4) is 0 Å². The van der Waals surface area contributed by atoms with E-state index in [2.05, 4.69) is 5.32 Å². The van der Waals surface area contributed by atoms with E-state index < -0.39 is 11.1 Å². The molecule has 20 heavy (non-hydrogen) atoms. The van der Waals surface area contributed by atoms with Crippen molar-refractivity contribution >= 4 is 11.7 Å². The van der Waals surface area contributed by atoms with Crippen molar-refractivity contribution < 1.29 is 14.3 Å². The van der Waals surface area contributed by atoms with Crippen molar-refractivity contribution in [3.05, 3.63) is 29.8 Å². The summed E-state index contributed by atoms with van der Waals surface area (Å²) in [5.74, 6) is -0.300. The number of rotatable bonds is 6. The van der Waals surface area contributed by atoms with Crippen LogP contribution in [-0.2, 0) is 14.3 Å². The molecule has 0 aromatic heterocycles. The fourth-order valence-electron chi connectivity index (χ4n) is 2.33. The molecule has 0 aliphatic rings. The minimum Gasteiger partial charge on any atom is -0.467 e. The Balaban J connectivity index is 3.07. The molecule has 1 N–H and O–H groups in total. The number of carbonyl (C=O) groups excluding carboxylic acids is 1. The Kier molecular flexibility index (Phi) is 5.17. The monoisotopic (exact) mass is 279 g/mol. The highest BCUT2D eigenvalue weighted by Crippen LogP contribution is 2.29. The standard InChI is InChI=1S/C16H25NO3/c1-12-9-7-8-10-13(12)17-16(4,14(18)19-5)11-15(2,3)20-6/h7-10,17H,11H2,1-6H3. The van der Waals surface area contributed by atoms with Crippen LogP contribution in [0.5, 0.6) is 0 Å². The van der Waals surface area contributed by atoms with Gasteiger partial charge >= 0.3 is 5.97 Å². The van der Waals surface area contributed by atoms with Crippen LogP contribution in [0.25, 0.3) is 0 Å². The van der Waals surface area contributed by atoms with E-state index in [1.165, 1.54) is 7.11 Å². The molecular formula is C16H25NO3. The first kappa shape index (κ1) is 16.5. The molecule has 0 amide bonds. The summed E-state index contributed by atoms with van der Waals surface area (Å²) in [6.07, 6.45) is 0.498. The maximum absolute atomic E-state index is 12.2. The molecule has 0 aliphatic carbocycles. The number of hydrogen-bond acceptors (Lipinski definition) is 4. The van der Waals surface area contributed by atoms with Crippen molar-refractivity contribution in [1.29, 1.82) is 0 Å². The molecule has 0 fully saturated rings. The Bertz CT molecular complexity index is 471. The first-order valence-electron chi connectivity index (χ1n) is 6.71. The van der Waals surface area contributed by atoms with Gasteiger partial charge in [-0.3, -0.25) is 0 Å². The molecule has 112 valence electrons. The molecular weight excluding hydrogens is 254 g/mol. The Morgan fingerprint density at radius 2 is 1.80 bits per heavy atom. The highest BCUT2D eigenvalue weighted by molar-refractivity contribution is 5.84. The summed E-state index contributed by atoms with van der Waals surface area (Å²) in [6, 6.07) is 7.86. The number of carbonyl (C=O) groups is 1. The van der Waals surface area contributed by atoms with Gasteiger partial charge in [0.05, 0.1) is 12.7 Å². The van der Waals surface area contributed by atoms with E-state index in [0.717, 1.165) is 11.3 Å². The second-order valence-corrected chi connectivity index (χ2v) is 5.90. The minimum absolute atomic E-state index is 0.300. The van der Waals surface area contributed by atoms with Crippen LogP contribution in [-0.4, -0.2) is 31.3 Å². The van der Waals surface area contributed by atoms with E-state index in [4.69, 9.17) is 9.47 Å². The molecule has 0 spiro atoms. The molecule has 1 rings (SSSR count). The van der Waals surface area contributed by atoms with Gasteiger partial charge in [0.15, 0.2) is 0 Å². The first-order valence-corrected chi connectivity index (χ1v) is 6.71. The van der Waals surface area contributed by atoms with Gasteiger partial charge in [-0.05, 0) is 39.3 Å². The second-order valence-electron chi connectivity index (χ2n) is 5.90. The Morgan fingerprint density at radius 1 is 1.20 bits per heavy atom. The molecule has 0 saturated carbocycles. The number of esters is 1. The average Bonchev–Trinajstić information content (AvgIpc) is 2.40. The molecule has 0 bridgehead atoms. The number of benzene rings is 1. The third kappa shape index (κ3) is 3.97. The summed E-state index contributed by atoms with van der Waals surface area (Å²) >= 11 is 0. The van der Waals surface area contributed by atoms with Crippen LogP contribution >= 0.6 is 0 Å². The number of hydrogen-bond donors (Lipinski definition) is 1. The SMILES string of the molecule is COC(=O)C(C)(CC(C)(C)OC)Nc1ccccc1C. The van der Waals surface area contributed by atoms with Gasteiger partial charge in [-0.2, -0.15) is 0 Å². The highest BCUT2D eigenvalue weighted by Gasteiger charge is 2.40. The van der Waals surface area contributed by atoms with E-state index in [9.17, 15) is 4.79 Å². The predicted molar refractivity (Wildman–Crippen MR) is 80.9 cm³/mol. The molecule has 0 radical (unpaired) electrons. The number of aryl methyl sites for hydroxylation is 1. The molecule has 0 aliphatic heterocycles. The third-order valence-corrected chi connectivity index (χ3v) is 3.52. The third-order valence-electron chi connectivity index (χ3n) is 3.52. The van der Waals surface area contributed by atoms with E-state index in [1.54, 1.807) is 7.11 Å². The van der Waals surface area contributed by atoms with E-state index in [-0.39, 0.29) is 5.97 Å². The van der Waals surface area contributed by atoms with Gasteiger partial charge in [0, 0.05) is 19.2 Å². The number of methoxy groups -OCH3 is 2. The van der Waals surface area contributed by atoms with E-state index in [0.29, 0.717) is 6.42 Å². The molecule has 1 unspecified atom stereocenters. The van der Waals surface area contributed by atoms with Crippen LogP contribution in [0.4, 0.5) is 5.69 Å². The number of anilines is 1. The zero-order chi connectivity index (χ0) is 15.4. The van der Waals surface area contributed by atoms with Gasteiger partial charge < -0.3 is 14.8 Å². The summed E-state index contributed by atoms with van der Waals surface area (Å²) < 4.78 is 10.4. The topological polar surface area (TPSA) is 47.6 Å². The summed E-state index contributed by atoms with van der Waals surface area (Å²) in [6.45, 7) is 7.75. The molecule has 4 nitrogen and oxygen atoms in total. The highest BCUT2D eigenvalue weighted by atomic mass is 16.5. The normalized spacial score (nSPS) is 14.5. The molecule has 0 saturated heterocycles. The van der Waals surface area contributed by atoms with E-state index in [1.807, 2.05) is 52.0 Å². The van der Waals surface area contributed by atoms with Crippen LogP contribution in [0.1, 0.15) is 32.8 Å². The van der Waals surface area contributed by atoms with Gasteiger partial charge in [0.2, 0.25) is 0 Å². The lowest BCUT2D eigenvalue weighted by Crippen LogP contribution is -2.49. The lowest BCUT2D eigenvalue weighted by Gasteiger charge is -2.36. The van der Waals surface area contributed by atoms with Crippen molar-refractivity contribution in [2.45, 2.75) is 45.3 Å². The van der Waals surface area contributed by atoms with Gasteiger partial charge in [0.1, 0.15) is 5.54 Å². The maximum atomic E-state index is 12.2. The van der Waals surface area contributed by atoms with Crippen molar-refractivity contribution in [2.75, 3.05) is 19.5 Å². The van der Waals surface area contributed by atoms with Crippen molar-refractivity contribution in [3.63, 3.8) is 0 Å². The van der Waals surface area contributed by atoms with Crippen molar-refractivity contribution in [1.82, 2.24) is 0 Å².